The van der Waals surface area contributed by atoms with Crippen LogP contribution in [0, 0.1) is 11.6 Å². The van der Waals surface area contributed by atoms with E-state index in [0.717, 1.165) is 0 Å². The van der Waals surface area contributed by atoms with Crippen molar-refractivity contribution in [3.63, 3.8) is 0 Å². The number of aromatic nitrogens is 2. The Morgan fingerprint density at radius 2 is 1.77 bits per heavy atom. The van der Waals surface area contributed by atoms with Gasteiger partial charge in [0.1, 0.15) is 11.6 Å². The Labute approximate surface area is 149 Å². The van der Waals surface area contributed by atoms with Crippen LogP contribution in [0.2, 0.25) is 0 Å². The Kier molecular flexibility index (Phi) is 5.48. The van der Waals surface area contributed by atoms with Gasteiger partial charge in [-0.05, 0) is 36.2 Å². The fourth-order valence-electron chi connectivity index (χ4n) is 2.32. The number of benzene rings is 2. The summed E-state index contributed by atoms with van der Waals surface area (Å²) in [5, 5.41) is 5.54. The molecule has 1 amide bonds. The summed E-state index contributed by atoms with van der Waals surface area (Å²) in [6.07, 6.45) is 3.22. The molecule has 3 aromatic rings. The van der Waals surface area contributed by atoms with Crippen molar-refractivity contribution in [1.82, 2.24) is 9.97 Å². The van der Waals surface area contributed by atoms with E-state index in [4.69, 9.17) is 0 Å². The predicted octanol–water partition coefficient (Wildman–Crippen LogP) is 3.66. The Morgan fingerprint density at radius 1 is 1.00 bits per heavy atom. The minimum atomic E-state index is -0.437. The highest BCUT2D eigenvalue weighted by atomic mass is 19.1. The largest absolute Gasteiger partial charge is 0.354 e. The van der Waals surface area contributed by atoms with Crippen molar-refractivity contribution in [3.05, 3.63) is 83.7 Å². The van der Waals surface area contributed by atoms with Crippen molar-refractivity contribution in [1.29, 1.82) is 0 Å². The van der Waals surface area contributed by atoms with Crippen LogP contribution in [-0.2, 0) is 6.42 Å². The molecule has 2 aromatic carbocycles. The lowest BCUT2D eigenvalue weighted by atomic mass is 10.1. The summed E-state index contributed by atoms with van der Waals surface area (Å²) in [6.45, 7) is 0.454. The minimum Gasteiger partial charge on any atom is -0.354 e. The number of anilines is 2. The van der Waals surface area contributed by atoms with Gasteiger partial charge in [0, 0.05) is 24.6 Å². The molecule has 0 radical (unpaired) electrons. The van der Waals surface area contributed by atoms with Crippen LogP contribution >= 0.6 is 0 Å². The lowest BCUT2D eigenvalue weighted by Crippen LogP contribution is -2.14. The molecular weight excluding hydrogens is 338 g/mol. The van der Waals surface area contributed by atoms with E-state index >= 15 is 0 Å². The average Bonchev–Trinajstić information content (AvgIpc) is 2.64. The van der Waals surface area contributed by atoms with Crippen LogP contribution in [0.4, 0.5) is 20.4 Å². The number of hydrogen-bond donors (Lipinski definition) is 2. The highest BCUT2D eigenvalue weighted by molar-refractivity contribution is 6.03. The maximum absolute atomic E-state index is 13.5. The van der Waals surface area contributed by atoms with Gasteiger partial charge in [0.25, 0.3) is 5.91 Å². The Bertz CT molecular complexity index is 900. The van der Waals surface area contributed by atoms with Gasteiger partial charge >= 0.3 is 0 Å². The van der Waals surface area contributed by atoms with Gasteiger partial charge in [-0.25, -0.2) is 18.7 Å². The third kappa shape index (κ3) is 4.60. The van der Waals surface area contributed by atoms with E-state index in [9.17, 15) is 13.6 Å². The maximum Gasteiger partial charge on any atom is 0.258 e. The second-order valence-corrected chi connectivity index (χ2v) is 5.53. The van der Waals surface area contributed by atoms with E-state index in [1.54, 1.807) is 24.3 Å². The van der Waals surface area contributed by atoms with Gasteiger partial charge in [-0.3, -0.25) is 4.79 Å². The quantitative estimate of drug-likeness (QED) is 0.709. The molecule has 0 atom stereocenters. The molecule has 0 aliphatic heterocycles. The average molecular weight is 354 g/mol. The lowest BCUT2D eigenvalue weighted by molar-refractivity contribution is 0.102. The third-order valence-corrected chi connectivity index (χ3v) is 3.63. The van der Waals surface area contributed by atoms with E-state index in [0.29, 0.717) is 30.2 Å². The molecular formula is C19H16F2N4O. The Morgan fingerprint density at radius 3 is 2.50 bits per heavy atom. The van der Waals surface area contributed by atoms with E-state index in [-0.39, 0.29) is 11.4 Å². The SMILES string of the molecule is O=C(Nc1cccc(F)c1)c1cnc(NCCc2ccccc2F)nc1. The van der Waals surface area contributed by atoms with Gasteiger partial charge in [0.2, 0.25) is 5.95 Å². The van der Waals surface area contributed by atoms with Gasteiger partial charge in [0.15, 0.2) is 0 Å². The summed E-state index contributed by atoms with van der Waals surface area (Å²) in [7, 11) is 0. The third-order valence-electron chi connectivity index (χ3n) is 3.63. The molecule has 3 rings (SSSR count). The first kappa shape index (κ1) is 17.5. The first-order valence-electron chi connectivity index (χ1n) is 7.98. The number of halogens is 2. The number of hydrogen-bond acceptors (Lipinski definition) is 4. The van der Waals surface area contributed by atoms with Gasteiger partial charge in [-0.2, -0.15) is 0 Å². The van der Waals surface area contributed by atoms with E-state index in [2.05, 4.69) is 20.6 Å². The zero-order chi connectivity index (χ0) is 18.4. The molecule has 0 bridgehead atoms. The van der Waals surface area contributed by atoms with Gasteiger partial charge in [-0.15, -0.1) is 0 Å². The van der Waals surface area contributed by atoms with Gasteiger partial charge in [-0.1, -0.05) is 24.3 Å². The molecule has 1 heterocycles. The molecule has 7 heteroatoms. The molecule has 0 aliphatic carbocycles. The second kappa shape index (κ2) is 8.15. The fourth-order valence-corrected chi connectivity index (χ4v) is 2.32. The first-order chi connectivity index (χ1) is 12.6. The standard InChI is InChI=1S/C19H16F2N4O/c20-15-5-3-6-16(10-15)25-18(26)14-11-23-19(24-12-14)22-9-8-13-4-1-2-7-17(13)21/h1-7,10-12H,8-9H2,(H,25,26)(H,22,23,24). The molecule has 0 fully saturated rings. The maximum atomic E-state index is 13.5. The van der Waals surface area contributed by atoms with Crippen molar-refractivity contribution in [3.8, 4) is 0 Å². The van der Waals surface area contributed by atoms with Crippen LogP contribution in [0.1, 0.15) is 15.9 Å². The molecule has 132 valence electrons. The van der Waals surface area contributed by atoms with Crippen molar-refractivity contribution in [2.75, 3.05) is 17.2 Å². The van der Waals surface area contributed by atoms with E-state index in [1.165, 1.54) is 36.7 Å². The number of nitrogens with one attached hydrogen (secondary N) is 2. The van der Waals surface area contributed by atoms with Gasteiger partial charge in [0.05, 0.1) is 5.56 Å². The lowest BCUT2D eigenvalue weighted by Gasteiger charge is -2.07. The molecule has 2 N–H and O–H groups in total. The second-order valence-electron chi connectivity index (χ2n) is 5.53. The summed E-state index contributed by atoms with van der Waals surface area (Å²) in [6, 6.07) is 12.2. The van der Waals surface area contributed by atoms with Crippen LogP contribution in [0.25, 0.3) is 0 Å². The summed E-state index contributed by atoms with van der Waals surface area (Å²) >= 11 is 0. The van der Waals surface area contributed by atoms with Crippen molar-refractivity contribution in [2.24, 2.45) is 0 Å². The van der Waals surface area contributed by atoms with Gasteiger partial charge < -0.3 is 10.6 Å². The van der Waals surface area contributed by atoms with Crippen LogP contribution in [0.5, 0.6) is 0 Å². The number of nitrogens with zero attached hydrogens (tertiary/aromatic N) is 2. The van der Waals surface area contributed by atoms with E-state index in [1.807, 2.05) is 0 Å². The number of carbonyl (C=O) groups is 1. The smallest absolute Gasteiger partial charge is 0.258 e. The van der Waals surface area contributed by atoms with Crippen molar-refractivity contribution < 1.29 is 13.6 Å². The summed E-state index contributed by atoms with van der Waals surface area (Å²) in [4.78, 5) is 20.2. The van der Waals surface area contributed by atoms with Crippen LogP contribution < -0.4 is 10.6 Å². The van der Waals surface area contributed by atoms with Crippen molar-refractivity contribution >= 4 is 17.5 Å². The van der Waals surface area contributed by atoms with Crippen LogP contribution in [0.15, 0.2) is 60.9 Å². The number of rotatable bonds is 6. The predicted molar refractivity (Wildman–Crippen MR) is 95.0 cm³/mol. The highest BCUT2D eigenvalue weighted by Gasteiger charge is 2.08. The summed E-state index contributed by atoms with van der Waals surface area (Å²) in [5.74, 6) is -0.787. The number of amides is 1. The first-order valence-corrected chi connectivity index (χ1v) is 7.98. The highest BCUT2D eigenvalue weighted by Crippen LogP contribution is 2.11. The van der Waals surface area contributed by atoms with E-state index < -0.39 is 11.7 Å². The molecule has 0 saturated carbocycles. The zero-order valence-corrected chi connectivity index (χ0v) is 13.7. The van der Waals surface area contributed by atoms with Crippen LogP contribution in [0.3, 0.4) is 0 Å². The molecule has 0 saturated heterocycles. The molecule has 5 nitrogen and oxygen atoms in total. The summed E-state index contributed by atoms with van der Waals surface area (Å²) < 4.78 is 26.7. The Hall–Kier alpha value is -3.35. The summed E-state index contributed by atoms with van der Waals surface area (Å²) in [5.41, 5.74) is 1.20. The van der Waals surface area contributed by atoms with Crippen LogP contribution in [-0.4, -0.2) is 22.4 Å². The van der Waals surface area contributed by atoms with Crippen molar-refractivity contribution in [2.45, 2.75) is 6.42 Å². The molecule has 26 heavy (non-hydrogen) atoms. The molecule has 0 unspecified atom stereocenters. The molecule has 1 aromatic heterocycles. The fraction of sp³-hybridized carbons (Fsp3) is 0.105. The zero-order valence-electron chi connectivity index (χ0n) is 13.7. The minimum absolute atomic E-state index is 0.244. The number of carbonyl (C=O) groups excluding carboxylic acids is 1. The molecule has 0 spiro atoms. The normalized spacial score (nSPS) is 10.4. The topological polar surface area (TPSA) is 66.9 Å². The molecule has 0 aliphatic rings. The Balaban J connectivity index is 1.54. The monoisotopic (exact) mass is 354 g/mol.